The molecule has 18 heavy (non-hydrogen) atoms. The number of halogens is 1. The minimum Gasteiger partial charge on any atom is -0.377 e. The number of nitrogens with one attached hydrogen (secondary N) is 1. The highest BCUT2D eigenvalue weighted by molar-refractivity contribution is 5.60. The van der Waals surface area contributed by atoms with E-state index in [0.29, 0.717) is 17.1 Å². The lowest BCUT2D eigenvalue weighted by molar-refractivity contribution is 0.177. The summed E-state index contributed by atoms with van der Waals surface area (Å²) in [5, 5.41) is 0. The Bertz CT molecular complexity index is 623. The molecule has 1 heterocycles. The van der Waals surface area contributed by atoms with Crippen LogP contribution in [0.3, 0.4) is 0 Å². The van der Waals surface area contributed by atoms with Crippen LogP contribution in [0.5, 0.6) is 0 Å². The van der Waals surface area contributed by atoms with Gasteiger partial charge in [-0.2, -0.15) is 0 Å². The Balaban J connectivity index is 2.56. The zero-order chi connectivity index (χ0) is 13.1. The van der Waals surface area contributed by atoms with Crippen LogP contribution in [-0.2, 0) is 11.3 Å². The van der Waals surface area contributed by atoms with Crippen LogP contribution in [0.2, 0.25) is 0 Å². The molecule has 1 aromatic carbocycles. The van der Waals surface area contributed by atoms with E-state index in [0.717, 1.165) is 5.56 Å². The van der Waals surface area contributed by atoms with Gasteiger partial charge in [0, 0.05) is 18.7 Å². The Morgan fingerprint density at radius 3 is 2.89 bits per heavy atom. The molecule has 0 spiro atoms. The second-order valence-electron chi connectivity index (χ2n) is 3.99. The molecule has 0 atom stereocenters. The molecular weight excluding hydrogens is 235 g/mol. The Labute approximate surface area is 103 Å². The third-order valence-electron chi connectivity index (χ3n) is 2.47. The number of hydrogen-bond donors (Lipinski definition) is 1. The van der Waals surface area contributed by atoms with Gasteiger partial charge in [0.15, 0.2) is 0 Å². The van der Waals surface area contributed by atoms with E-state index in [1.54, 1.807) is 12.1 Å². The molecule has 0 unspecified atom stereocenters. The monoisotopic (exact) mass is 248 g/mol. The molecule has 0 fully saturated rings. The van der Waals surface area contributed by atoms with Crippen LogP contribution in [-0.4, -0.2) is 17.1 Å². The summed E-state index contributed by atoms with van der Waals surface area (Å²) in [6.45, 7) is 2.03. The van der Waals surface area contributed by atoms with Crippen molar-refractivity contribution in [2.75, 3.05) is 7.11 Å². The molecule has 0 aliphatic rings. The van der Waals surface area contributed by atoms with E-state index in [-0.39, 0.29) is 12.2 Å². The van der Waals surface area contributed by atoms with E-state index in [2.05, 4.69) is 9.97 Å². The first-order valence-electron chi connectivity index (χ1n) is 5.46. The molecule has 0 aliphatic heterocycles. The fourth-order valence-corrected chi connectivity index (χ4v) is 1.69. The molecule has 0 saturated heterocycles. The number of rotatable bonds is 3. The van der Waals surface area contributed by atoms with Gasteiger partial charge in [0.1, 0.15) is 18.2 Å². The lowest BCUT2D eigenvalue weighted by Gasteiger charge is -2.06. The van der Waals surface area contributed by atoms with E-state index in [9.17, 15) is 9.18 Å². The summed E-state index contributed by atoms with van der Waals surface area (Å²) in [6.07, 6.45) is 0. The fourth-order valence-electron chi connectivity index (χ4n) is 1.69. The van der Waals surface area contributed by atoms with Gasteiger partial charge in [0.25, 0.3) is 5.56 Å². The number of benzene rings is 1. The number of ether oxygens (including phenoxy) is 1. The van der Waals surface area contributed by atoms with Crippen molar-refractivity contribution in [1.82, 2.24) is 9.97 Å². The topological polar surface area (TPSA) is 55.0 Å². The van der Waals surface area contributed by atoms with Crippen LogP contribution in [0.1, 0.15) is 11.4 Å². The Morgan fingerprint density at radius 1 is 1.39 bits per heavy atom. The number of H-pyrrole nitrogens is 1. The lowest BCUT2D eigenvalue weighted by Crippen LogP contribution is -2.12. The van der Waals surface area contributed by atoms with Crippen molar-refractivity contribution in [3.8, 4) is 11.3 Å². The minimum atomic E-state index is -0.401. The number of nitrogens with zero attached hydrogens (tertiary/aromatic N) is 1. The molecule has 1 aromatic heterocycles. The highest BCUT2D eigenvalue weighted by Gasteiger charge is 2.09. The zero-order valence-electron chi connectivity index (χ0n) is 10.2. The highest BCUT2D eigenvalue weighted by atomic mass is 19.1. The molecule has 2 rings (SSSR count). The highest BCUT2D eigenvalue weighted by Crippen LogP contribution is 2.21. The van der Waals surface area contributed by atoms with Crippen molar-refractivity contribution >= 4 is 0 Å². The Morgan fingerprint density at radius 2 is 2.17 bits per heavy atom. The molecule has 0 saturated carbocycles. The van der Waals surface area contributed by atoms with Gasteiger partial charge in [-0.15, -0.1) is 0 Å². The minimum absolute atomic E-state index is 0.177. The van der Waals surface area contributed by atoms with Crippen molar-refractivity contribution in [2.45, 2.75) is 13.5 Å². The van der Waals surface area contributed by atoms with Crippen LogP contribution in [0.4, 0.5) is 4.39 Å². The van der Waals surface area contributed by atoms with Crippen molar-refractivity contribution in [3.63, 3.8) is 0 Å². The van der Waals surface area contributed by atoms with E-state index >= 15 is 0 Å². The maximum atomic E-state index is 13.7. The van der Waals surface area contributed by atoms with Crippen LogP contribution < -0.4 is 5.56 Å². The maximum Gasteiger partial charge on any atom is 0.251 e. The zero-order valence-corrected chi connectivity index (χ0v) is 10.2. The maximum absolute atomic E-state index is 13.7. The summed E-state index contributed by atoms with van der Waals surface area (Å²) >= 11 is 0. The first kappa shape index (κ1) is 12.4. The predicted molar refractivity (Wildman–Crippen MR) is 65.7 cm³/mol. The molecule has 0 bridgehead atoms. The molecule has 5 heteroatoms. The Kier molecular flexibility index (Phi) is 3.53. The van der Waals surface area contributed by atoms with Gasteiger partial charge in [-0.3, -0.25) is 4.79 Å². The third kappa shape index (κ3) is 2.62. The van der Waals surface area contributed by atoms with Gasteiger partial charge in [-0.25, -0.2) is 9.37 Å². The SMILES string of the molecule is COCc1nc(-c2cc(C)ccc2F)cc(=O)[nH]1. The molecule has 0 amide bonds. The summed E-state index contributed by atoms with van der Waals surface area (Å²) in [7, 11) is 1.50. The molecule has 94 valence electrons. The first-order valence-corrected chi connectivity index (χ1v) is 5.46. The summed E-state index contributed by atoms with van der Waals surface area (Å²) in [4.78, 5) is 18.2. The van der Waals surface area contributed by atoms with Crippen molar-refractivity contribution in [2.24, 2.45) is 0 Å². The summed E-state index contributed by atoms with van der Waals surface area (Å²) in [5.74, 6) is -0.0250. The number of aromatic amines is 1. The summed E-state index contributed by atoms with van der Waals surface area (Å²) < 4.78 is 18.6. The molecule has 1 N–H and O–H groups in total. The second kappa shape index (κ2) is 5.10. The quantitative estimate of drug-likeness (QED) is 0.904. The second-order valence-corrected chi connectivity index (χ2v) is 3.99. The van der Waals surface area contributed by atoms with Crippen molar-refractivity contribution in [3.05, 3.63) is 51.8 Å². The smallest absolute Gasteiger partial charge is 0.251 e. The van der Waals surface area contributed by atoms with Gasteiger partial charge < -0.3 is 9.72 Å². The average Bonchev–Trinajstić information content (AvgIpc) is 2.32. The predicted octanol–water partition coefficient (Wildman–Crippen LogP) is 2.03. The first-order chi connectivity index (χ1) is 8.60. The Hall–Kier alpha value is -2.01. The van der Waals surface area contributed by atoms with Crippen molar-refractivity contribution < 1.29 is 9.13 Å². The van der Waals surface area contributed by atoms with Gasteiger partial charge in [0.2, 0.25) is 0 Å². The lowest BCUT2D eigenvalue weighted by atomic mass is 10.1. The number of methoxy groups -OCH3 is 1. The van der Waals surface area contributed by atoms with E-state index < -0.39 is 5.82 Å². The number of aromatic nitrogens is 2. The van der Waals surface area contributed by atoms with E-state index in [4.69, 9.17) is 4.74 Å². The molecule has 0 aliphatic carbocycles. The normalized spacial score (nSPS) is 10.6. The molecule has 4 nitrogen and oxygen atoms in total. The molecule has 0 radical (unpaired) electrons. The van der Waals surface area contributed by atoms with Crippen LogP contribution in [0.15, 0.2) is 29.1 Å². The summed E-state index contributed by atoms with van der Waals surface area (Å²) in [5.41, 5.74) is 1.21. The van der Waals surface area contributed by atoms with Crippen LogP contribution >= 0.6 is 0 Å². The molecular formula is C13H13FN2O2. The fraction of sp³-hybridized carbons (Fsp3) is 0.231. The van der Waals surface area contributed by atoms with Crippen LogP contribution in [0, 0.1) is 12.7 Å². The van der Waals surface area contributed by atoms with Gasteiger partial charge >= 0.3 is 0 Å². The van der Waals surface area contributed by atoms with E-state index in [1.807, 2.05) is 6.92 Å². The number of aryl methyl sites for hydroxylation is 1. The standard InChI is InChI=1S/C13H13FN2O2/c1-8-3-4-10(14)9(5-8)11-6-13(17)16-12(15-11)7-18-2/h3-6H,7H2,1-2H3,(H,15,16,17). The summed E-state index contributed by atoms with van der Waals surface area (Å²) in [6, 6.07) is 5.97. The third-order valence-corrected chi connectivity index (χ3v) is 2.47. The van der Waals surface area contributed by atoms with E-state index in [1.165, 1.54) is 19.2 Å². The van der Waals surface area contributed by atoms with Crippen molar-refractivity contribution in [1.29, 1.82) is 0 Å². The largest absolute Gasteiger partial charge is 0.377 e. The average molecular weight is 248 g/mol. The number of hydrogen-bond acceptors (Lipinski definition) is 3. The molecule has 2 aromatic rings. The van der Waals surface area contributed by atoms with Gasteiger partial charge in [0.05, 0.1) is 5.69 Å². The van der Waals surface area contributed by atoms with Gasteiger partial charge in [-0.1, -0.05) is 11.6 Å². The van der Waals surface area contributed by atoms with Crippen LogP contribution in [0.25, 0.3) is 11.3 Å². The van der Waals surface area contributed by atoms with Gasteiger partial charge in [-0.05, 0) is 19.1 Å².